The van der Waals surface area contributed by atoms with E-state index in [0.29, 0.717) is 5.92 Å². The van der Waals surface area contributed by atoms with Gasteiger partial charge in [-0.2, -0.15) is 4.57 Å². The summed E-state index contributed by atoms with van der Waals surface area (Å²) in [7, 11) is 0. The van der Waals surface area contributed by atoms with E-state index in [0.717, 1.165) is 46.0 Å². The molecule has 1 aromatic carbocycles. The molecule has 1 saturated heterocycles. The number of ether oxygens (including phenoxy) is 3. The summed E-state index contributed by atoms with van der Waals surface area (Å²) >= 11 is 1.77. The summed E-state index contributed by atoms with van der Waals surface area (Å²) < 4.78 is 20.0. The van der Waals surface area contributed by atoms with E-state index in [4.69, 9.17) is 14.2 Å². The smallest absolute Gasteiger partial charge is 0.224 e. The third-order valence-electron chi connectivity index (χ3n) is 7.64. The minimum absolute atomic E-state index is 0.276. The first-order valence-electron chi connectivity index (χ1n) is 16.5. The van der Waals surface area contributed by atoms with Gasteiger partial charge in [0.1, 0.15) is 6.54 Å². The number of unbranched alkanes of at least 4 members (excludes halogenated alkanes) is 13. The minimum Gasteiger partial charge on any atom is -0.381 e. The van der Waals surface area contributed by atoms with Crippen molar-refractivity contribution < 1.29 is 18.8 Å². The lowest BCUT2D eigenvalue weighted by atomic mass is 10.1. The fraction of sp³-hybridized carbons (Fsp3) is 0.743. The maximum atomic E-state index is 5.93. The molecular weight excluding hydrogens is 514 g/mol. The maximum Gasteiger partial charge on any atom is 0.224 e. The highest BCUT2D eigenvalue weighted by Gasteiger charge is 2.25. The molecule has 1 aliphatic heterocycles. The third kappa shape index (κ3) is 19.7. The van der Waals surface area contributed by atoms with Crippen LogP contribution in [0.3, 0.4) is 0 Å². The monoisotopic (exact) mass is 574 g/mol. The van der Waals surface area contributed by atoms with Gasteiger partial charge in [0.2, 0.25) is 5.51 Å². The van der Waals surface area contributed by atoms with Crippen molar-refractivity contribution in [1.82, 2.24) is 0 Å². The summed E-state index contributed by atoms with van der Waals surface area (Å²) in [6.45, 7) is 9.77. The molecular formula is C35H60NO3S+. The van der Waals surface area contributed by atoms with Crippen LogP contribution in [0.2, 0.25) is 0 Å². The largest absolute Gasteiger partial charge is 0.381 e. The van der Waals surface area contributed by atoms with Gasteiger partial charge >= 0.3 is 0 Å². The van der Waals surface area contributed by atoms with E-state index < -0.39 is 0 Å². The van der Waals surface area contributed by atoms with E-state index in [1.807, 2.05) is 18.2 Å². The highest BCUT2D eigenvalue weighted by molar-refractivity contribution is 7.07. The normalized spacial score (nSPS) is 16.6. The number of thiazole rings is 1. The molecule has 2 atom stereocenters. The molecule has 40 heavy (non-hydrogen) atoms. The molecule has 1 aliphatic rings. The van der Waals surface area contributed by atoms with Crippen LogP contribution >= 0.6 is 11.3 Å². The number of hydrogen-bond donors (Lipinski definition) is 0. The summed E-state index contributed by atoms with van der Waals surface area (Å²) in [5.41, 5.74) is 3.51. The molecule has 0 unspecified atom stereocenters. The Hall–Kier alpha value is -1.27. The first kappa shape index (κ1) is 34.9. The van der Waals surface area contributed by atoms with Gasteiger partial charge in [-0.05, 0) is 32.6 Å². The zero-order valence-electron chi connectivity index (χ0n) is 25.9. The van der Waals surface area contributed by atoms with E-state index in [1.165, 1.54) is 102 Å². The second-order valence-corrected chi connectivity index (χ2v) is 12.3. The molecule has 3 rings (SSSR count). The van der Waals surface area contributed by atoms with Crippen LogP contribution in [0.1, 0.15) is 115 Å². The molecule has 1 aromatic heterocycles. The summed E-state index contributed by atoms with van der Waals surface area (Å²) in [5.74, 6) is 0.558. The molecule has 5 heteroatoms. The predicted octanol–water partition coefficient (Wildman–Crippen LogP) is 9.34. The van der Waals surface area contributed by atoms with E-state index >= 15 is 0 Å². The average molecular weight is 575 g/mol. The molecule has 1 fully saturated rings. The fourth-order valence-electron chi connectivity index (χ4n) is 5.12. The number of benzene rings is 1. The SMILES string of the molecule is CCCCCCCCCCCCOC[C@@H]1CO[C@@H](COCCCCCCC[n+]2ccsc2)C1.Cc1ccccc1. The molecule has 4 nitrogen and oxygen atoms in total. The average Bonchev–Trinajstić information content (AvgIpc) is 3.66. The van der Waals surface area contributed by atoms with Crippen LogP contribution in [0.25, 0.3) is 0 Å². The van der Waals surface area contributed by atoms with Crippen LogP contribution in [0.4, 0.5) is 0 Å². The van der Waals surface area contributed by atoms with Gasteiger partial charge in [-0.25, -0.2) is 0 Å². The highest BCUT2D eigenvalue weighted by Crippen LogP contribution is 2.20. The molecule has 0 saturated carbocycles. The van der Waals surface area contributed by atoms with E-state index in [1.54, 1.807) is 11.3 Å². The van der Waals surface area contributed by atoms with Gasteiger partial charge in [0, 0.05) is 25.6 Å². The van der Waals surface area contributed by atoms with Crippen molar-refractivity contribution in [3.05, 3.63) is 53.0 Å². The molecule has 228 valence electrons. The topological polar surface area (TPSA) is 31.6 Å². The highest BCUT2D eigenvalue weighted by atomic mass is 32.1. The van der Waals surface area contributed by atoms with Crippen molar-refractivity contribution in [2.75, 3.05) is 33.0 Å². The van der Waals surface area contributed by atoms with Gasteiger partial charge in [-0.15, -0.1) is 0 Å². The number of nitrogens with zero attached hydrogens (tertiary/aromatic N) is 1. The Morgan fingerprint density at radius 2 is 1.38 bits per heavy atom. The maximum absolute atomic E-state index is 5.93. The standard InChI is InChI=1S/C28H52NO3S.C7H8/c1-2-3-4-5-6-7-8-9-12-15-19-30-23-27-22-28(32-24-27)25-31-20-16-13-10-11-14-17-29-18-21-33-26-29;1-7-5-3-2-4-6-7/h18,21,26-28H,2-17,19-20,22-25H2,1H3;2-6H,1H3/q+1;/t27-,28-;/m1./s1. The Labute approximate surface area is 250 Å². The van der Waals surface area contributed by atoms with Gasteiger partial charge in [0.15, 0.2) is 6.20 Å². The minimum atomic E-state index is 0.276. The van der Waals surface area contributed by atoms with Crippen molar-refractivity contribution in [3.8, 4) is 0 Å². The predicted molar refractivity (Wildman–Crippen MR) is 170 cm³/mol. The van der Waals surface area contributed by atoms with Gasteiger partial charge in [-0.1, -0.05) is 125 Å². The van der Waals surface area contributed by atoms with Crippen LogP contribution in [0.5, 0.6) is 0 Å². The second-order valence-electron chi connectivity index (χ2n) is 11.6. The van der Waals surface area contributed by atoms with Crippen LogP contribution < -0.4 is 4.57 Å². The van der Waals surface area contributed by atoms with Crippen LogP contribution in [0, 0.1) is 12.8 Å². The summed E-state index contributed by atoms with van der Waals surface area (Å²) in [6, 6.07) is 10.3. The van der Waals surface area contributed by atoms with Gasteiger partial charge in [0.05, 0.1) is 31.3 Å². The molecule has 0 amide bonds. The first-order chi connectivity index (χ1) is 19.8. The third-order valence-corrected chi connectivity index (χ3v) is 8.31. The summed E-state index contributed by atoms with van der Waals surface area (Å²) in [4.78, 5) is 0. The summed E-state index contributed by atoms with van der Waals surface area (Å²) in [5, 5.41) is 2.14. The fourth-order valence-corrected chi connectivity index (χ4v) is 5.75. The Morgan fingerprint density at radius 3 is 1.95 bits per heavy atom. The number of aryl methyl sites for hydroxylation is 2. The zero-order valence-corrected chi connectivity index (χ0v) is 26.7. The van der Waals surface area contributed by atoms with Crippen molar-refractivity contribution in [1.29, 1.82) is 0 Å². The molecule has 0 spiro atoms. The molecule has 0 N–H and O–H groups in total. The zero-order chi connectivity index (χ0) is 28.4. The quantitative estimate of drug-likeness (QED) is 0.0979. The lowest BCUT2D eigenvalue weighted by molar-refractivity contribution is -0.692. The lowest BCUT2D eigenvalue weighted by Gasteiger charge is -2.11. The molecule has 0 radical (unpaired) electrons. The van der Waals surface area contributed by atoms with E-state index in [2.05, 4.69) is 47.6 Å². The Bertz CT molecular complexity index is 770. The lowest BCUT2D eigenvalue weighted by Crippen LogP contribution is -2.29. The van der Waals surface area contributed by atoms with E-state index in [9.17, 15) is 0 Å². The number of hydrogen-bond acceptors (Lipinski definition) is 4. The van der Waals surface area contributed by atoms with Crippen molar-refractivity contribution in [2.45, 2.75) is 129 Å². The molecule has 0 aliphatic carbocycles. The first-order valence-corrected chi connectivity index (χ1v) is 17.4. The van der Waals surface area contributed by atoms with Gasteiger partial charge in [0.25, 0.3) is 0 Å². The Morgan fingerprint density at radius 1 is 0.775 bits per heavy atom. The Balaban J connectivity index is 0.000000693. The van der Waals surface area contributed by atoms with Gasteiger partial charge in [-0.3, -0.25) is 0 Å². The molecule has 2 heterocycles. The summed E-state index contributed by atoms with van der Waals surface area (Å²) in [6.07, 6.45) is 23.7. The molecule has 0 bridgehead atoms. The van der Waals surface area contributed by atoms with Crippen molar-refractivity contribution in [2.24, 2.45) is 5.92 Å². The van der Waals surface area contributed by atoms with E-state index in [-0.39, 0.29) is 6.10 Å². The Kier molecular flexibility index (Phi) is 22.2. The number of aromatic nitrogens is 1. The van der Waals surface area contributed by atoms with Crippen molar-refractivity contribution in [3.63, 3.8) is 0 Å². The van der Waals surface area contributed by atoms with Crippen LogP contribution in [-0.2, 0) is 20.8 Å². The second kappa shape index (κ2) is 25.4. The van der Waals surface area contributed by atoms with Gasteiger partial charge < -0.3 is 14.2 Å². The van der Waals surface area contributed by atoms with Crippen molar-refractivity contribution >= 4 is 11.3 Å². The number of rotatable bonds is 23. The molecule has 2 aromatic rings. The van der Waals surface area contributed by atoms with Crippen LogP contribution in [-0.4, -0.2) is 39.1 Å². The van der Waals surface area contributed by atoms with Crippen LogP contribution in [0.15, 0.2) is 47.4 Å².